The summed E-state index contributed by atoms with van der Waals surface area (Å²) in [4.78, 5) is 4.56. The predicted octanol–water partition coefficient (Wildman–Crippen LogP) is 3.46. The first-order valence-corrected chi connectivity index (χ1v) is 6.42. The summed E-state index contributed by atoms with van der Waals surface area (Å²) in [5.41, 5.74) is 4.40. The Kier molecular flexibility index (Phi) is 3.01. The molecule has 1 N–H and O–H groups in total. The van der Waals surface area contributed by atoms with Gasteiger partial charge in [0.05, 0.1) is 18.0 Å². The van der Waals surface area contributed by atoms with Crippen molar-refractivity contribution in [1.82, 2.24) is 9.38 Å². The number of benzene rings is 1. The third-order valence-electron chi connectivity index (χ3n) is 3.17. The van der Waals surface area contributed by atoms with Crippen LogP contribution in [0.3, 0.4) is 0 Å². The second-order valence-corrected chi connectivity index (χ2v) is 4.86. The van der Waals surface area contributed by atoms with Gasteiger partial charge in [-0.25, -0.2) is 4.98 Å². The minimum atomic E-state index is -0.103. The number of aliphatic hydroxyl groups is 1. The molecular formula is C15H13ClN2O. The van der Waals surface area contributed by atoms with Gasteiger partial charge in [0.25, 0.3) is 0 Å². The second-order valence-electron chi connectivity index (χ2n) is 4.47. The fourth-order valence-electron chi connectivity index (χ4n) is 2.20. The molecular weight excluding hydrogens is 260 g/mol. The third kappa shape index (κ3) is 2.01. The van der Waals surface area contributed by atoms with Gasteiger partial charge >= 0.3 is 0 Å². The Labute approximate surface area is 116 Å². The molecule has 0 saturated heterocycles. The number of aliphatic hydroxyl groups excluding tert-OH is 1. The van der Waals surface area contributed by atoms with Crippen molar-refractivity contribution in [2.45, 2.75) is 13.5 Å². The molecule has 3 aromatic rings. The molecule has 0 radical (unpaired) electrons. The van der Waals surface area contributed by atoms with E-state index in [9.17, 15) is 5.11 Å². The minimum absolute atomic E-state index is 0.103. The van der Waals surface area contributed by atoms with Gasteiger partial charge in [-0.15, -0.1) is 0 Å². The lowest BCUT2D eigenvalue weighted by atomic mass is 10.1. The van der Waals surface area contributed by atoms with E-state index in [1.165, 1.54) is 5.56 Å². The van der Waals surface area contributed by atoms with E-state index in [0.717, 1.165) is 16.9 Å². The molecule has 0 aliphatic heterocycles. The Morgan fingerprint density at radius 1 is 1.16 bits per heavy atom. The fourth-order valence-corrected chi connectivity index (χ4v) is 2.46. The van der Waals surface area contributed by atoms with Crippen LogP contribution >= 0.6 is 11.6 Å². The van der Waals surface area contributed by atoms with E-state index in [1.807, 2.05) is 43.3 Å². The molecule has 0 aliphatic rings. The van der Waals surface area contributed by atoms with E-state index < -0.39 is 0 Å². The monoisotopic (exact) mass is 272 g/mol. The van der Waals surface area contributed by atoms with Crippen molar-refractivity contribution in [2.75, 3.05) is 0 Å². The van der Waals surface area contributed by atoms with Gasteiger partial charge in [-0.2, -0.15) is 0 Å². The summed E-state index contributed by atoms with van der Waals surface area (Å²) >= 11 is 6.18. The minimum Gasteiger partial charge on any atom is -0.390 e. The Morgan fingerprint density at radius 3 is 2.58 bits per heavy atom. The summed E-state index contributed by atoms with van der Waals surface area (Å²) in [6.07, 6.45) is 0. The SMILES string of the molecule is Cc1ccc(-c2nc3cccc(Cl)n3c2CO)cc1. The molecule has 96 valence electrons. The maximum absolute atomic E-state index is 9.63. The quantitative estimate of drug-likeness (QED) is 0.726. The number of nitrogens with zero attached hydrogens (tertiary/aromatic N) is 2. The lowest BCUT2D eigenvalue weighted by Gasteiger charge is -2.03. The van der Waals surface area contributed by atoms with Gasteiger partial charge in [0.1, 0.15) is 10.8 Å². The molecule has 0 amide bonds. The van der Waals surface area contributed by atoms with Crippen molar-refractivity contribution in [3.05, 3.63) is 58.9 Å². The van der Waals surface area contributed by atoms with E-state index in [0.29, 0.717) is 10.8 Å². The van der Waals surface area contributed by atoms with Crippen LogP contribution < -0.4 is 0 Å². The van der Waals surface area contributed by atoms with Crippen molar-refractivity contribution in [3.8, 4) is 11.3 Å². The van der Waals surface area contributed by atoms with Crippen LogP contribution in [0, 0.1) is 6.92 Å². The normalized spacial score (nSPS) is 11.1. The van der Waals surface area contributed by atoms with Crippen LogP contribution in [0.2, 0.25) is 5.15 Å². The van der Waals surface area contributed by atoms with Crippen LogP contribution in [-0.4, -0.2) is 14.5 Å². The molecule has 2 aromatic heterocycles. The number of aromatic nitrogens is 2. The summed E-state index contributed by atoms with van der Waals surface area (Å²) < 4.78 is 1.77. The lowest BCUT2D eigenvalue weighted by molar-refractivity contribution is 0.276. The zero-order valence-corrected chi connectivity index (χ0v) is 11.2. The number of rotatable bonds is 2. The van der Waals surface area contributed by atoms with Crippen LogP contribution in [0.1, 0.15) is 11.3 Å². The first-order chi connectivity index (χ1) is 9.20. The molecule has 1 aromatic carbocycles. The second kappa shape index (κ2) is 4.68. The molecule has 0 atom stereocenters. The topological polar surface area (TPSA) is 37.5 Å². The van der Waals surface area contributed by atoms with Crippen LogP contribution in [0.4, 0.5) is 0 Å². The van der Waals surface area contributed by atoms with Crippen LogP contribution in [0.15, 0.2) is 42.5 Å². The molecule has 0 spiro atoms. The number of imidazole rings is 1. The average molecular weight is 273 g/mol. The molecule has 2 heterocycles. The molecule has 0 bridgehead atoms. The highest BCUT2D eigenvalue weighted by atomic mass is 35.5. The molecule has 0 fully saturated rings. The number of hydrogen-bond donors (Lipinski definition) is 1. The van der Waals surface area contributed by atoms with Gasteiger partial charge in [-0.05, 0) is 19.1 Å². The number of halogens is 1. The van der Waals surface area contributed by atoms with Crippen molar-refractivity contribution in [3.63, 3.8) is 0 Å². The predicted molar refractivity (Wildman–Crippen MR) is 76.3 cm³/mol. The first-order valence-electron chi connectivity index (χ1n) is 6.04. The molecule has 3 nitrogen and oxygen atoms in total. The molecule has 4 heteroatoms. The van der Waals surface area contributed by atoms with E-state index in [-0.39, 0.29) is 6.61 Å². The maximum atomic E-state index is 9.63. The van der Waals surface area contributed by atoms with E-state index in [4.69, 9.17) is 11.6 Å². The number of hydrogen-bond acceptors (Lipinski definition) is 2. The van der Waals surface area contributed by atoms with Gasteiger partial charge in [-0.1, -0.05) is 47.5 Å². The zero-order chi connectivity index (χ0) is 13.4. The fraction of sp³-hybridized carbons (Fsp3) is 0.133. The van der Waals surface area contributed by atoms with Gasteiger partial charge in [-0.3, -0.25) is 4.40 Å². The summed E-state index contributed by atoms with van der Waals surface area (Å²) in [6.45, 7) is 1.94. The van der Waals surface area contributed by atoms with Crippen LogP contribution in [0.5, 0.6) is 0 Å². The highest BCUT2D eigenvalue weighted by molar-refractivity contribution is 6.29. The van der Waals surface area contributed by atoms with E-state index in [1.54, 1.807) is 10.5 Å². The van der Waals surface area contributed by atoms with Gasteiger partial charge in [0.2, 0.25) is 0 Å². The lowest BCUT2D eigenvalue weighted by Crippen LogP contribution is -1.95. The molecule has 3 rings (SSSR count). The molecule has 0 saturated carbocycles. The molecule has 0 unspecified atom stereocenters. The van der Waals surface area contributed by atoms with E-state index in [2.05, 4.69) is 4.98 Å². The molecule has 19 heavy (non-hydrogen) atoms. The van der Waals surface area contributed by atoms with Crippen molar-refractivity contribution < 1.29 is 5.11 Å². The average Bonchev–Trinajstić information content (AvgIpc) is 2.79. The largest absolute Gasteiger partial charge is 0.390 e. The first kappa shape index (κ1) is 12.2. The van der Waals surface area contributed by atoms with Gasteiger partial charge in [0.15, 0.2) is 0 Å². The van der Waals surface area contributed by atoms with Gasteiger partial charge in [0, 0.05) is 5.56 Å². The summed E-state index contributed by atoms with van der Waals surface area (Å²) in [5.74, 6) is 0. The van der Waals surface area contributed by atoms with Crippen molar-refractivity contribution >= 4 is 17.2 Å². The Bertz CT molecular complexity index is 732. The maximum Gasteiger partial charge on any atom is 0.138 e. The standard InChI is InChI=1S/C15H13ClN2O/c1-10-5-7-11(8-6-10)15-12(9-19)18-13(16)3-2-4-14(18)17-15/h2-8,19H,9H2,1H3. The zero-order valence-electron chi connectivity index (χ0n) is 10.5. The smallest absolute Gasteiger partial charge is 0.138 e. The summed E-state index contributed by atoms with van der Waals surface area (Å²) in [7, 11) is 0. The summed E-state index contributed by atoms with van der Waals surface area (Å²) in [5, 5.41) is 10.2. The number of fused-ring (bicyclic) bond motifs is 1. The summed E-state index contributed by atoms with van der Waals surface area (Å²) in [6, 6.07) is 13.6. The van der Waals surface area contributed by atoms with Crippen molar-refractivity contribution in [2.24, 2.45) is 0 Å². The molecule has 0 aliphatic carbocycles. The van der Waals surface area contributed by atoms with Crippen LogP contribution in [-0.2, 0) is 6.61 Å². The Balaban J connectivity index is 2.29. The highest BCUT2D eigenvalue weighted by Crippen LogP contribution is 2.27. The highest BCUT2D eigenvalue weighted by Gasteiger charge is 2.14. The van der Waals surface area contributed by atoms with Crippen LogP contribution in [0.25, 0.3) is 16.9 Å². The Morgan fingerprint density at radius 2 is 1.89 bits per heavy atom. The number of aryl methyl sites for hydroxylation is 1. The Hall–Kier alpha value is -1.84. The third-order valence-corrected chi connectivity index (χ3v) is 3.46. The van der Waals surface area contributed by atoms with Gasteiger partial charge < -0.3 is 5.11 Å². The van der Waals surface area contributed by atoms with E-state index >= 15 is 0 Å². The van der Waals surface area contributed by atoms with Crippen molar-refractivity contribution in [1.29, 1.82) is 0 Å². The number of pyridine rings is 1.